The number of nitrogens with one attached hydrogen (secondary N) is 1. The second-order valence-electron chi connectivity index (χ2n) is 12.1. The van der Waals surface area contributed by atoms with Crippen molar-refractivity contribution in [2.24, 2.45) is 5.92 Å². The number of methoxy groups -OCH3 is 2. The van der Waals surface area contributed by atoms with E-state index in [0.29, 0.717) is 36.7 Å². The highest BCUT2D eigenvalue weighted by molar-refractivity contribution is 6.01. The van der Waals surface area contributed by atoms with Gasteiger partial charge in [-0.2, -0.15) is 0 Å². The molecule has 2 aliphatic heterocycles. The minimum atomic E-state index is -0.225. The average Bonchev–Trinajstić information content (AvgIpc) is 3.00. The van der Waals surface area contributed by atoms with Crippen LogP contribution in [0.15, 0.2) is 91.3 Å². The molecular formula is C38H40FN3O2. The van der Waals surface area contributed by atoms with Gasteiger partial charge in [-0.25, -0.2) is 4.39 Å². The number of nitrogens with zero attached hydrogens (tertiary/aromatic N) is 2. The van der Waals surface area contributed by atoms with Crippen LogP contribution in [0.4, 0.5) is 21.5 Å². The summed E-state index contributed by atoms with van der Waals surface area (Å²) in [5.41, 5.74) is 9.10. The third-order valence-corrected chi connectivity index (χ3v) is 8.61. The van der Waals surface area contributed by atoms with Crippen LogP contribution in [-0.2, 0) is 12.8 Å². The summed E-state index contributed by atoms with van der Waals surface area (Å²) in [5, 5.41) is 5.84. The minimum absolute atomic E-state index is 0.225. The molecule has 0 saturated carbocycles. The summed E-state index contributed by atoms with van der Waals surface area (Å²) in [4.78, 5) is 4.29. The first kappa shape index (κ1) is 29.4. The second kappa shape index (κ2) is 11.8. The summed E-state index contributed by atoms with van der Waals surface area (Å²) in [5.74, 6) is 1.61. The molecule has 2 heterocycles. The van der Waals surface area contributed by atoms with Gasteiger partial charge in [-0.05, 0) is 64.1 Å². The van der Waals surface area contributed by atoms with Gasteiger partial charge in [-0.1, -0.05) is 63.4 Å². The van der Waals surface area contributed by atoms with Crippen molar-refractivity contribution in [1.82, 2.24) is 5.32 Å². The van der Waals surface area contributed by atoms with Gasteiger partial charge >= 0.3 is 0 Å². The fourth-order valence-electron chi connectivity index (χ4n) is 6.70. The molecule has 5 nitrogen and oxygen atoms in total. The molecule has 0 spiro atoms. The van der Waals surface area contributed by atoms with Crippen LogP contribution in [0.25, 0.3) is 16.3 Å². The lowest BCUT2D eigenvalue weighted by atomic mass is 9.83. The smallest absolute Gasteiger partial charge is 0.163 e. The van der Waals surface area contributed by atoms with Crippen molar-refractivity contribution in [3.8, 4) is 11.5 Å². The zero-order valence-corrected chi connectivity index (χ0v) is 26.3. The van der Waals surface area contributed by atoms with E-state index >= 15 is 4.39 Å². The third kappa shape index (κ3) is 5.08. The van der Waals surface area contributed by atoms with Crippen molar-refractivity contribution in [3.63, 3.8) is 0 Å². The number of hydrogen-bond donors (Lipinski definition) is 1. The van der Waals surface area contributed by atoms with Gasteiger partial charge in [0.15, 0.2) is 11.5 Å². The van der Waals surface area contributed by atoms with E-state index in [0.717, 1.165) is 57.2 Å². The van der Waals surface area contributed by atoms with E-state index < -0.39 is 0 Å². The summed E-state index contributed by atoms with van der Waals surface area (Å²) in [6.07, 6.45) is 3.47. The fourth-order valence-corrected chi connectivity index (χ4v) is 6.70. The molecule has 6 rings (SSSR count). The summed E-state index contributed by atoms with van der Waals surface area (Å²) >= 11 is 0. The molecule has 44 heavy (non-hydrogen) atoms. The monoisotopic (exact) mass is 589 g/mol. The first-order valence-corrected chi connectivity index (χ1v) is 15.1. The number of fused-ring (bicyclic) bond motifs is 3. The first-order valence-electron chi connectivity index (χ1n) is 15.1. The van der Waals surface area contributed by atoms with Gasteiger partial charge in [0.2, 0.25) is 0 Å². The van der Waals surface area contributed by atoms with Gasteiger partial charge in [0.1, 0.15) is 5.82 Å². The third-order valence-electron chi connectivity index (χ3n) is 8.61. The van der Waals surface area contributed by atoms with Crippen molar-refractivity contribution in [2.45, 2.75) is 26.7 Å². The molecule has 4 aromatic carbocycles. The minimum Gasteiger partial charge on any atom is -0.493 e. The van der Waals surface area contributed by atoms with Gasteiger partial charge < -0.3 is 24.6 Å². The standard InChI is InChI=1S/C38H40FN3O2/c1-23(2)21-41(5)37-31-18-29-17-27-11-8-9-12-28(27)19-34(29)42-22-32(24(3)30(36(31)42)20-33(37)39)25(4)40-16-15-26-13-10-14-35(43-6)38(26)44-7/h8-14,17,19-20,22-23,40H,3-4,15-16,18,21H2,1-2,5-7H3. The summed E-state index contributed by atoms with van der Waals surface area (Å²) < 4.78 is 27.2. The van der Waals surface area contributed by atoms with Crippen LogP contribution in [-0.4, -0.2) is 34.4 Å². The van der Waals surface area contributed by atoms with Crippen LogP contribution >= 0.6 is 0 Å². The van der Waals surface area contributed by atoms with Crippen LogP contribution in [0.3, 0.4) is 0 Å². The van der Waals surface area contributed by atoms with Crippen molar-refractivity contribution in [2.75, 3.05) is 44.2 Å². The zero-order chi connectivity index (χ0) is 31.1. The molecule has 0 radical (unpaired) electrons. The maximum atomic E-state index is 16.2. The lowest BCUT2D eigenvalue weighted by molar-refractivity contribution is 0.351. The van der Waals surface area contributed by atoms with Crippen molar-refractivity contribution >= 4 is 33.4 Å². The molecule has 0 bridgehead atoms. The molecule has 0 saturated heterocycles. The highest BCUT2D eigenvalue weighted by Crippen LogP contribution is 2.52. The molecule has 2 aliphatic rings. The van der Waals surface area contributed by atoms with E-state index in [-0.39, 0.29) is 5.82 Å². The van der Waals surface area contributed by atoms with E-state index in [1.165, 1.54) is 16.3 Å². The van der Waals surface area contributed by atoms with Crippen LogP contribution in [0, 0.1) is 11.7 Å². The Labute approximate surface area is 259 Å². The van der Waals surface area contributed by atoms with Gasteiger partial charge in [-0.3, -0.25) is 0 Å². The van der Waals surface area contributed by atoms with E-state index in [4.69, 9.17) is 9.47 Å². The molecule has 0 fully saturated rings. The number of para-hydroxylation sites is 1. The second-order valence-corrected chi connectivity index (χ2v) is 12.1. The predicted molar refractivity (Wildman–Crippen MR) is 181 cm³/mol. The van der Waals surface area contributed by atoms with Gasteiger partial charge in [0.25, 0.3) is 0 Å². The van der Waals surface area contributed by atoms with Gasteiger partial charge in [-0.15, -0.1) is 0 Å². The van der Waals surface area contributed by atoms with Crippen LogP contribution in [0.2, 0.25) is 0 Å². The Morgan fingerprint density at radius 1 is 1.05 bits per heavy atom. The van der Waals surface area contributed by atoms with E-state index in [2.05, 4.69) is 84.7 Å². The number of rotatable bonds is 10. The number of allylic oxidation sites excluding steroid dienone is 1. The molecule has 0 aliphatic carbocycles. The Bertz CT molecular complexity index is 1820. The first-order chi connectivity index (χ1) is 21.2. The Hall–Kier alpha value is -4.71. The number of anilines is 3. The molecule has 1 N–H and O–H groups in total. The molecule has 226 valence electrons. The molecule has 0 unspecified atom stereocenters. The average molecular weight is 590 g/mol. The predicted octanol–water partition coefficient (Wildman–Crippen LogP) is 8.39. The molecule has 0 amide bonds. The largest absolute Gasteiger partial charge is 0.493 e. The van der Waals surface area contributed by atoms with Crippen molar-refractivity contribution < 1.29 is 13.9 Å². The maximum absolute atomic E-state index is 16.2. The number of benzene rings is 4. The highest BCUT2D eigenvalue weighted by Gasteiger charge is 2.35. The number of hydrogen-bond acceptors (Lipinski definition) is 5. The van der Waals surface area contributed by atoms with E-state index in [1.54, 1.807) is 20.3 Å². The summed E-state index contributed by atoms with van der Waals surface area (Å²) in [7, 11) is 5.28. The van der Waals surface area contributed by atoms with Gasteiger partial charge in [0.05, 0.1) is 25.6 Å². The lowest BCUT2D eigenvalue weighted by Gasteiger charge is -2.40. The molecule has 6 heteroatoms. The number of ether oxygens (including phenoxy) is 2. The highest BCUT2D eigenvalue weighted by atomic mass is 19.1. The molecule has 0 atom stereocenters. The molecule has 4 aromatic rings. The summed E-state index contributed by atoms with van der Waals surface area (Å²) in [6, 6.07) is 20.4. The van der Waals surface area contributed by atoms with Crippen LogP contribution in [0.1, 0.15) is 36.1 Å². The SMILES string of the molecule is C=C(NCCc1cccc(OC)c1OC)C1=CN2c3cc4ccccc4cc3Cc3c(N(C)CC(C)C)c(F)cc(c32)C1=C. The zero-order valence-electron chi connectivity index (χ0n) is 26.3. The van der Waals surface area contributed by atoms with Crippen LogP contribution in [0.5, 0.6) is 11.5 Å². The topological polar surface area (TPSA) is 37.0 Å². The number of halogens is 1. The maximum Gasteiger partial charge on any atom is 0.163 e. The van der Waals surface area contributed by atoms with Gasteiger partial charge in [0, 0.05) is 60.8 Å². The van der Waals surface area contributed by atoms with E-state index in [1.807, 2.05) is 25.2 Å². The Balaban J connectivity index is 1.40. The summed E-state index contributed by atoms with van der Waals surface area (Å²) in [6.45, 7) is 14.6. The Morgan fingerprint density at radius 2 is 1.80 bits per heavy atom. The lowest BCUT2D eigenvalue weighted by Crippen LogP contribution is -2.30. The molecular weight excluding hydrogens is 549 g/mol. The van der Waals surface area contributed by atoms with Crippen molar-refractivity contribution in [3.05, 3.63) is 119 Å². The van der Waals surface area contributed by atoms with Crippen molar-refractivity contribution in [1.29, 1.82) is 0 Å². The Kier molecular flexibility index (Phi) is 7.85. The Morgan fingerprint density at radius 3 is 2.50 bits per heavy atom. The molecule has 0 aromatic heterocycles. The fraction of sp³-hybridized carbons (Fsp3) is 0.263. The van der Waals surface area contributed by atoms with E-state index in [9.17, 15) is 0 Å². The normalized spacial score (nSPS) is 13.4. The van der Waals surface area contributed by atoms with Crippen LogP contribution < -0.4 is 24.6 Å². The quantitative estimate of drug-likeness (QED) is 0.201.